The van der Waals surface area contributed by atoms with Crippen LogP contribution in [0.1, 0.15) is 52.9 Å². The van der Waals surface area contributed by atoms with E-state index < -0.39 is 0 Å². The van der Waals surface area contributed by atoms with Crippen molar-refractivity contribution in [1.29, 1.82) is 0 Å². The van der Waals surface area contributed by atoms with E-state index in [-0.39, 0.29) is 0 Å². The Hall–Kier alpha value is -0.0800. The van der Waals surface area contributed by atoms with Crippen LogP contribution in [0.2, 0.25) is 0 Å². The number of ether oxygens (including phenoxy) is 1. The summed E-state index contributed by atoms with van der Waals surface area (Å²) in [5, 5.41) is 3.60. The molecular weight excluding hydrogens is 210 g/mol. The lowest BCUT2D eigenvalue weighted by Crippen LogP contribution is -2.46. The Labute approximate surface area is 107 Å². The van der Waals surface area contributed by atoms with E-state index in [4.69, 9.17) is 4.74 Å². The van der Waals surface area contributed by atoms with Gasteiger partial charge in [0, 0.05) is 18.6 Å². The normalized spacial score (nSPS) is 35.1. The number of hydrogen-bond donors (Lipinski definition) is 1. The van der Waals surface area contributed by atoms with E-state index in [0.29, 0.717) is 11.5 Å². The molecule has 2 rings (SSSR count). The van der Waals surface area contributed by atoms with Gasteiger partial charge in [-0.25, -0.2) is 0 Å². The predicted molar refractivity (Wildman–Crippen MR) is 72.1 cm³/mol. The molecule has 0 radical (unpaired) electrons. The minimum Gasteiger partial charge on any atom is -0.377 e. The van der Waals surface area contributed by atoms with Crippen molar-refractivity contribution in [3.8, 4) is 0 Å². The summed E-state index contributed by atoms with van der Waals surface area (Å²) >= 11 is 0. The second-order valence-electron chi connectivity index (χ2n) is 6.08. The van der Waals surface area contributed by atoms with Crippen LogP contribution in [-0.4, -0.2) is 25.8 Å². The Bertz CT molecular complexity index is 239. The maximum atomic E-state index is 6.12. The third-order valence-electron chi connectivity index (χ3n) is 4.89. The van der Waals surface area contributed by atoms with Crippen LogP contribution >= 0.6 is 0 Å². The zero-order chi connectivity index (χ0) is 12.3. The maximum absolute atomic E-state index is 6.12. The maximum Gasteiger partial charge on any atom is 0.0674 e. The molecular formula is C15H29NO. The molecule has 1 aliphatic heterocycles. The van der Waals surface area contributed by atoms with Crippen LogP contribution < -0.4 is 5.32 Å². The Morgan fingerprint density at radius 3 is 2.71 bits per heavy atom. The molecule has 0 amide bonds. The average Bonchev–Trinajstić information content (AvgIpc) is 3.07. The summed E-state index contributed by atoms with van der Waals surface area (Å²) in [7, 11) is 0. The van der Waals surface area contributed by atoms with Gasteiger partial charge in [-0.05, 0) is 37.6 Å². The molecule has 1 aliphatic carbocycles. The molecule has 1 saturated carbocycles. The monoisotopic (exact) mass is 239 g/mol. The van der Waals surface area contributed by atoms with Crippen molar-refractivity contribution >= 4 is 0 Å². The SMILES string of the molecule is CCCC(C)C1(CNCC)CCOC1C1CC1. The van der Waals surface area contributed by atoms with Crippen molar-refractivity contribution in [2.24, 2.45) is 17.3 Å². The molecule has 2 aliphatic rings. The molecule has 3 atom stereocenters. The summed E-state index contributed by atoms with van der Waals surface area (Å²) in [4.78, 5) is 0. The van der Waals surface area contributed by atoms with Crippen molar-refractivity contribution in [2.45, 2.75) is 59.0 Å². The molecule has 3 unspecified atom stereocenters. The fourth-order valence-corrected chi connectivity index (χ4v) is 3.66. The number of hydrogen-bond acceptors (Lipinski definition) is 2. The Morgan fingerprint density at radius 1 is 1.35 bits per heavy atom. The van der Waals surface area contributed by atoms with E-state index in [1.165, 1.54) is 32.1 Å². The predicted octanol–water partition coefficient (Wildman–Crippen LogP) is 3.22. The summed E-state index contributed by atoms with van der Waals surface area (Å²) in [6.45, 7) is 10.2. The van der Waals surface area contributed by atoms with Crippen molar-refractivity contribution in [2.75, 3.05) is 19.7 Å². The second-order valence-corrected chi connectivity index (χ2v) is 6.08. The molecule has 100 valence electrons. The van der Waals surface area contributed by atoms with Gasteiger partial charge in [-0.2, -0.15) is 0 Å². The lowest BCUT2D eigenvalue weighted by Gasteiger charge is -2.40. The van der Waals surface area contributed by atoms with E-state index >= 15 is 0 Å². The minimum absolute atomic E-state index is 0.424. The number of rotatable bonds is 7. The highest BCUT2D eigenvalue weighted by atomic mass is 16.5. The van der Waals surface area contributed by atoms with Gasteiger partial charge in [0.1, 0.15) is 0 Å². The zero-order valence-electron chi connectivity index (χ0n) is 11.8. The van der Waals surface area contributed by atoms with Gasteiger partial charge in [0.2, 0.25) is 0 Å². The van der Waals surface area contributed by atoms with Gasteiger partial charge in [-0.1, -0.05) is 33.6 Å². The molecule has 2 heteroatoms. The van der Waals surface area contributed by atoms with Gasteiger partial charge >= 0.3 is 0 Å². The fourth-order valence-electron chi connectivity index (χ4n) is 3.66. The molecule has 0 bridgehead atoms. The molecule has 2 fully saturated rings. The Kier molecular flexibility index (Phi) is 4.48. The van der Waals surface area contributed by atoms with Crippen LogP contribution in [0.5, 0.6) is 0 Å². The quantitative estimate of drug-likeness (QED) is 0.736. The van der Waals surface area contributed by atoms with E-state index in [1.54, 1.807) is 0 Å². The van der Waals surface area contributed by atoms with E-state index in [1.807, 2.05) is 0 Å². The molecule has 1 heterocycles. The first-order chi connectivity index (χ1) is 8.24. The molecule has 0 aromatic heterocycles. The van der Waals surface area contributed by atoms with Crippen molar-refractivity contribution in [3.63, 3.8) is 0 Å². The highest BCUT2D eigenvalue weighted by Gasteiger charge is 2.52. The summed E-state index contributed by atoms with van der Waals surface area (Å²) in [6, 6.07) is 0. The standard InChI is InChI=1S/C15H29NO/c1-4-6-12(3)15(11-16-5-2)9-10-17-14(15)13-7-8-13/h12-14,16H,4-11H2,1-3H3. The first kappa shape index (κ1) is 13.4. The summed E-state index contributed by atoms with van der Waals surface area (Å²) in [5.74, 6) is 1.66. The second kappa shape index (κ2) is 5.71. The number of nitrogens with one attached hydrogen (secondary N) is 1. The molecule has 17 heavy (non-hydrogen) atoms. The summed E-state index contributed by atoms with van der Waals surface area (Å²) in [5.41, 5.74) is 0.424. The highest BCUT2D eigenvalue weighted by molar-refractivity contribution is 5.02. The Balaban J connectivity index is 2.09. The molecule has 0 aromatic rings. The molecule has 1 N–H and O–H groups in total. The molecule has 0 aromatic carbocycles. The smallest absolute Gasteiger partial charge is 0.0674 e. The minimum atomic E-state index is 0.424. The van der Waals surface area contributed by atoms with Crippen molar-refractivity contribution in [3.05, 3.63) is 0 Å². The van der Waals surface area contributed by atoms with Crippen LogP contribution in [-0.2, 0) is 4.74 Å². The van der Waals surface area contributed by atoms with Crippen molar-refractivity contribution < 1.29 is 4.74 Å². The van der Waals surface area contributed by atoms with E-state index in [2.05, 4.69) is 26.1 Å². The van der Waals surface area contributed by atoms with Gasteiger partial charge in [0.05, 0.1) is 6.10 Å². The van der Waals surface area contributed by atoms with Crippen molar-refractivity contribution in [1.82, 2.24) is 5.32 Å². The lowest BCUT2D eigenvalue weighted by molar-refractivity contribution is 0.00138. The topological polar surface area (TPSA) is 21.3 Å². The highest BCUT2D eigenvalue weighted by Crippen LogP contribution is 2.52. The summed E-state index contributed by atoms with van der Waals surface area (Å²) in [6.07, 6.45) is 7.25. The third kappa shape index (κ3) is 2.68. The molecule has 0 spiro atoms. The van der Waals surface area contributed by atoms with E-state index in [0.717, 1.165) is 31.5 Å². The van der Waals surface area contributed by atoms with E-state index in [9.17, 15) is 0 Å². The van der Waals surface area contributed by atoms with Crippen LogP contribution in [0.25, 0.3) is 0 Å². The zero-order valence-corrected chi connectivity index (χ0v) is 11.8. The van der Waals surface area contributed by atoms with Gasteiger partial charge < -0.3 is 10.1 Å². The first-order valence-corrected chi connectivity index (χ1v) is 7.57. The average molecular weight is 239 g/mol. The lowest BCUT2D eigenvalue weighted by atomic mass is 9.68. The van der Waals surface area contributed by atoms with Gasteiger partial charge in [0.15, 0.2) is 0 Å². The fraction of sp³-hybridized carbons (Fsp3) is 1.00. The third-order valence-corrected chi connectivity index (χ3v) is 4.89. The molecule has 1 saturated heterocycles. The van der Waals surface area contributed by atoms with Crippen LogP contribution in [0.3, 0.4) is 0 Å². The van der Waals surface area contributed by atoms with Gasteiger partial charge in [-0.15, -0.1) is 0 Å². The summed E-state index contributed by atoms with van der Waals surface area (Å²) < 4.78 is 6.12. The largest absolute Gasteiger partial charge is 0.377 e. The molecule has 2 nitrogen and oxygen atoms in total. The van der Waals surface area contributed by atoms with Crippen LogP contribution in [0.4, 0.5) is 0 Å². The van der Waals surface area contributed by atoms with Crippen LogP contribution in [0.15, 0.2) is 0 Å². The Morgan fingerprint density at radius 2 is 2.12 bits per heavy atom. The van der Waals surface area contributed by atoms with Gasteiger partial charge in [-0.3, -0.25) is 0 Å². The van der Waals surface area contributed by atoms with Gasteiger partial charge in [0.25, 0.3) is 0 Å². The van der Waals surface area contributed by atoms with Crippen LogP contribution in [0, 0.1) is 17.3 Å². The first-order valence-electron chi connectivity index (χ1n) is 7.57.